The van der Waals surface area contributed by atoms with Gasteiger partial charge in [-0.1, -0.05) is 0 Å². The Morgan fingerprint density at radius 1 is 0.722 bits per heavy atom. The maximum Gasteiger partial charge on any atom is 0.338 e. The first kappa shape index (κ1) is 29.2. The summed E-state index contributed by atoms with van der Waals surface area (Å²) in [6.07, 6.45) is 1.09. The van der Waals surface area contributed by atoms with E-state index >= 15 is 0 Å². The van der Waals surface area contributed by atoms with Crippen LogP contribution in [-0.2, 0) is 14.2 Å². The van der Waals surface area contributed by atoms with E-state index < -0.39 is 11.2 Å². The maximum atomic E-state index is 12.6. The zero-order valence-electron chi connectivity index (χ0n) is 23.1. The Labute approximate surface area is 216 Å². The summed E-state index contributed by atoms with van der Waals surface area (Å²) in [5, 5.41) is 0. The molecule has 0 heterocycles. The van der Waals surface area contributed by atoms with Gasteiger partial charge in [0.25, 0.3) is 0 Å². The van der Waals surface area contributed by atoms with Crippen LogP contribution >= 0.6 is 0 Å². The normalized spacial score (nSPS) is 11.7. The first-order chi connectivity index (χ1) is 16.8. The fraction of sp³-hybridized carbons (Fsp3) is 0.517. The highest BCUT2D eigenvalue weighted by Gasteiger charge is 2.26. The molecule has 2 aromatic carbocycles. The molecule has 0 N–H and O–H groups in total. The Morgan fingerprint density at radius 3 is 1.75 bits per heavy atom. The third-order valence-electron chi connectivity index (χ3n) is 6.14. The van der Waals surface area contributed by atoms with Gasteiger partial charge in [0, 0.05) is 51.9 Å². The molecule has 0 aliphatic rings. The standard InChI is InChI=1S/C29H42N2O5/c1-9-31(8)25-16-12-23(13-17-25)27(33)36-29(4,5)19-21-35-28(2,3)18-20-34-26(32)22-10-14-24(15-11-22)30(6)7/h10-17H,9,18-21H2,1-8H3. The van der Waals surface area contributed by atoms with Gasteiger partial charge in [-0.15, -0.1) is 0 Å². The zero-order valence-corrected chi connectivity index (χ0v) is 23.1. The van der Waals surface area contributed by atoms with Crippen LogP contribution in [0.4, 0.5) is 11.4 Å². The summed E-state index contributed by atoms with van der Waals surface area (Å²) in [6, 6.07) is 14.7. The maximum absolute atomic E-state index is 12.6. The van der Waals surface area contributed by atoms with Crippen LogP contribution in [0.5, 0.6) is 0 Å². The highest BCUT2D eigenvalue weighted by atomic mass is 16.6. The summed E-state index contributed by atoms with van der Waals surface area (Å²) in [6.45, 7) is 11.3. The van der Waals surface area contributed by atoms with Gasteiger partial charge in [-0.3, -0.25) is 0 Å². The molecular weight excluding hydrogens is 456 g/mol. The van der Waals surface area contributed by atoms with Crippen molar-refractivity contribution in [2.75, 3.05) is 50.7 Å². The van der Waals surface area contributed by atoms with Crippen molar-refractivity contribution in [1.29, 1.82) is 0 Å². The third kappa shape index (κ3) is 9.19. The van der Waals surface area contributed by atoms with Crippen molar-refractivity contribution in [3.05, 3.63) is 59.7 Å². The molecule has 7 heteroatoms. The largest absolute Gasteiger partial charge is 0.462 e. The fourth-order valence-electron chi connectivity index (χ4n) is 3.41. The van der Waals surface area contributed by atoms with Crippen LogP contribution in [0.3, 0.4) is 0 Å². The molecule has 0 aliphatic carbocycles. The first-order valence-corrected chi connectivity index (χ1v) is 12.5. The number of anilines is 2. The van der Waals surface area contributed by atoms with Crippen molar-refractivity contribution >= 4 is 23.3 Å². The van der Waals surface area contributed by atoms with Crippen LogP contribution in [0.1, 0.15) is 68.2 Å². The van der Waals surface area contributed by atoms with Crippen LogP contribution in [0.2, 0.25) is 0 Å². The summed E-state index contributed by atoms with van der Waals surface area (Å²) < 4.78 is 17.2. The Bertz CT molecular complexity index is 982. The van der Waals surface area contributed by atoms with Gasteiger partial charge < -0.3 is 24.0 Å². The summed E-state index contributed by atoms with van der Waals surface area (Å²) in [5.74, 6) is -0.700. The predicted molar refractivity (Wildman–Crippen MR) is 145 cm³/mol. The number of rotatable bonds is 13. The smallest absolute Gasteiger partial charge is 0.338 e. The molecule has 0 amide bonds. The van der Waals surface area contributed by atoms with Gasteiger partial charge in [0.2, 0.25) is 0 Å². The van der Waals surface area contributed by atoms with Crippen LogP contribution in [0.15, 0.2) is 48.5 Å². The SMILES string of the molecule is CCN(C)c1ccc(C(=O)OC(C)(C)CCOC(C)(C)CCOC(=O)c2ccc(N(C)C)cc2)cc1. The minimum Gasteiger partial charge on any atom is -0.462 e. The predicted octanol–water partition coefficient (Wildman–Crippen LogP) is 5.58. The second-order valence-electron chi connectivity index (χ2n) is 10.4. The molecule has 0 radical (unpaired) electrons. The summed E-state index contributed by atoms with van der Waals surface area (Å²) in [5.41, 5.74) is 1.95. The molecule has 0 fully saturated rings. The number of carbonyl (C=O) groups excluding carboxylic acids is 2. The number of benzene rings is 2. The highest BCUT2D eigenvalue weighted by molar-refractivity contribution is 5.90. The second-order valence-corrected chi connectivity index (χ2v) is 10.4. The molecular formula is C29H42N2O5. The van der Waals surface area contributed by atoms with E-state index in [-0.39, 0.29) is 18.5 Å². The summed E-state index contributed by atoms with van der Waals surface area (Å²) >= 11 is 0. The third-order valence-corrected chi connectivity index (χ3v) is 6.14. The molecule has 0 unspecified atom stereocenters. The van der Waals surface area contributed by atoms with Crippen molar-refractivity contribution in [3.63, 3.8) is 0 Å². The molecule has 0 bridgehead atoms. The topological polar surface area (TPSA) is 68.3 Å². The molecule has 36 heavy (non-hydrogen) atoms. The number of carbonyl (C=O) groups is 2. The van der Waals surface area contributed by atoms with Gasteiger partial charge >= 0.3 is 11.9 Å². The average molecular weight is 499 g/mol. The van der Waals surface area contributed by atoms with E-state index in [1.807, 2.05) is 78.0 Å². The lowest BCUT2D eigenvalue weighted by molar-refractivity contribution is -0.0636. The van der Waals surface area contributed by atoms with Crippen molar-refractivity contribution in [1.82, 2.24) is 0 Å². The van der Waals surface area contributed by atoms with E-state index in [1.54, 1.807) is 24.3 Å². The fourth-order valence-corrected chi connectivity index (χ4v) is 3.41. The second kappa shape index (κ2) is 12.8. The van der Waals surface area contributed by atoms with Gasteiger partial charge in [0.15, 0.2) is 0 Å². The Hall–Kier alpha value is -3.06. The number of ether oxygens (including phenoxy) is 3. The average Bonchev–Trinajstić information content (AvgIpc) is 2.82. The van der Waals surface area contributed by atoms with Crippen LogP contribution < -0.4 is 9.80 Å². The van der Waals surface area contributed by atoms with Gasteiger partial charge in [-0.2, -0.15) is 0 Å². The Morgan fingerprint density at radius 2 is 1.22 bits per heavy atom. The zero-order chi connectivity index (χ0) is 26.9. The van der Waals surface area contributed by atoms with E-state index in [1.165, 1.54) is 0 Å². The number of nitrogens with zero attached hydrogens (tertiary/aromatic N) is 2. The molecule has 0 spiro atoms. The first-order valence-electron chi connectivity index (χ1n) is 12.5. The molecule has 198 valence electrons. The molecule has 2 rings (SSSR count). The molecule has 0 aromatic heterocycles. The molecule has 0 saturated carbocycles. The molecule has 0 aliphatic heterocycles. The lowest BCUT2D eigenvalue weighted by Crippen LogP contribution is -2.33. The van der Waals surface area contributed by atoms with Gasteiger partial charge in [0.1, 0.15) is 5.60 Å². The van der Waals surface area contributed by atoms with Gasteiger partial charge in [-0.25, -0.2) is 9.59 Å². The summed E-state index contributed by atoms with van der Waals surface area (Å²) in [4.78, 5) is 29.0. The molecule has 0 atom stereocenters. The number of esters is 2. The van der Waals surface area contributed by atoms with Crippen molar-refractivity contribution < 1.29 is 23.8 Å². The Balaban J connectivity index is 1.76. The van der Waals surface area contributed by atoms with E-state index in [0.717, 1.165) is 17.9 Å². The van der Waals surface area contributed by atoms with Gasteiger partial charge in [-0.05, 0) is 83.1 Å². The van der Waals surface area contributed by atoms with Crippen molar-refractivity contribution in [2.45, 2.75) is 58.7 Å². The summed E-state index contributed by atoms with van der Waals surface area (Å²) in [7, 11) is 5.91. The highest BCUT2D eigenvalue weighted by Crippen LogP contribution is 2.22. The quantitative estimate of drug-likeness (QED) is 0.334. The van der Waals surface area contributed by atoms with E-state index in [0.29, 0.717) is 30.6 Å². The number of hydrogen-bond acceptors (Lipinski definition) is 7. The lowest BCUT2D eigenvalue weighted by atomic mass is 10.0. The van der Waals surface area contributed by atoms with Crippen LogP contribution in [0.25, 0.3) is 0 Å². The monoisotopic (exact) mass is 498 g/mol. The molecule has 2 aromatic rings. The van der Waals surface area contributed by atoms with Crippen LogP contribution in [-0.4, -0.2) is 64.0 Å². The van der Waals surface area contributed by atoms with Gasteiger partial charge in [0.05, 0.1) is 29.9 Å². The van der Waals surface area contributed by atoms with Crippen molar-refractivity contribution in [2.24, 2.45) is 0 Å². The molecule has 0 saturated heterocycles. The minimum atomic E-state index is -0.683. The van der Waals surface area contributed by atoms with E-state index in [4.69, 9.17) is 14.2 Å². The number of hydrogen-bond donors (Lipinski definition) is 0. The van der Waals surface area contributed by atoms with E-state index in [2.05, 4.69) is 11.8 Å². The van der Waals surface area contributed by atoms with E-state index in [9.17, 15) is 9.59 Å². The van der Waals surface area contributed by atoms with Crippen LogP contribution in [0, 0.1) is 0 Å². The molecule has 7 nitrogen and oxygen atoms in total. The lowest BCUT2D eigenvalue weighted by Gasteiger charge is -2.29. The van der Waals surface area contributed by atoms with Crippen molar-refractivity contribution in [3.8, 4) is 0 Å². The minimum absolute atomic E-state index is 0.253. The Kier molecular flexibility index (Phi) is 10.3.